The van der Waals surface area contributed by atoms with E-state index < -0.39 is 15.4 Å². The number of hydrogen-bond donors (Lipinski definition) is 0. The summed E-state index contributed by atoms with van der Waals surface area (Å²) in [5.74, 6) is 0. The van der Waals surface area contributed by atoms with E-state index in [0.29, 0.717) is 0 Å². The molecule has 1 aromatic carbocycles. The van der Waals surface area contributed by atoms with Crippen molar-refractivity contribution in [3.05, 3.63) is 30.3 Å². The predicted molar refractivity (Wildman–Crippen MR) is 83.7 cm³/mol. The van der Waals surface area contributed by atoms with Gasteiger partial charge in [-0.2, -0.15) is 0 Å². The Morgan fingerprint density at radius 3 is 2.24 bits per heavy atom. The highest BCUT2D eigenvalue weighted by Gasteiger charge is 2.49. The highest BCUT2D eigenvalue weighted by Crippen LogP contribution is 2.33. The first-order valence-corrected chi connectivity index (χ1v) is 16.8. The van der Waals surface area contributed by atoms with E-state index in [1.165, 1.54) is 11.2 Å². The van der Waals surface area contributed by atoms with Crippen molar-refractivity contribution in [2.45, 2.75) is 45.1 Å². The molecule has 1 atom stereocenters. The van der Waals surface area contributed by atoms with Crippen LogP contribution in [0.25, 0.3) is 0 Å². The molecule has 1 heterocycles. The van der Waals surface area contributed by atoms with Crippen molar-refractivity contribution >= 4 is 29.2 Å². The number of rotatable bonds is 1. The molecule has 0 aliphatic carbocycles. The maximum atomic E-state index is 6.62. The summed E-state index contributed by atoms with van der Waals surface area (Å²) in [5.41, 5.74) is 0.109. The lowest BCUT2D eigenvalue weighted by Gasteiger charge is -2.49. The summed E-state index contributed by atoms with van der Waals surface area (Å²) in [5, 5.41) is 1.53. The van der Waals surface area contributed by atoms with Crippen LogP contribution in [-0.4, -0.2) is 29.6 Å². The molecule has 4 heteroatoms. The molecule has 1 saturated heterocycles. The van der Waals surface area contributed by atoms with Gasteiger partial charge >= 0.3 is 0 Å². The first-order chi connectivity index (χ1) is 7.73. The van der Waals surface area contributed by atoms with Gasteiger partial charge in [-0.3, -0.25) is 0 Å². The van der Waals surface area contributed by atoms with Gasteiger partial charge in [0, 0.05) is 21.7 Å². The smallest absolute Gasteiger partial charge is 0.198 e. The lowest BCUT2D eigenvalue weighted by molar-refractivity contribution is 0.126. The minimum absolute atomic E-state index is 0.0576. The Kier molecular flexibility index (Phi) is 3.27. The Balaban J connectivity index is 2.37. The molecule has 0 spiro atoms. The van der Waals surface area contributed by atoms with Crippen LogP contribution in [0, 0.1) is 0 Å². The Morgan fingerprint density at radius 1 is 1.12 bits per heavy atom. The molecule has 1 aromatic rings. The predicted octanol–water partition coefficient (Wildman–Crippen LogP) is 2.15. The third kappa shape index (κ3) is 2.99. The van der Waals surface area contributed by atoms with E-state index in [9.17, 15) is 0 Å². The van der Waals surface area contributed by atoms with Crippen LogP contribution in [0.5, 0.6) is 0 Å². The molecule has 0 amide bonds. The highest BCUT2D eigenvalue weighted by atomic mass is 29.6. The summed E-state index contributed by atoms with van der Waals surface area (Å²) in [6.07, 6.45) is 0. The maximum absolute atomic E-state index is 6.62. The molecule has 1 aliphatic heterocycles. The van der Waals surface area contributed by atoms with E-state index in [0.717, 1.165) is 0 Å². The normalized spacial score (nSPS) is 32.5. The zero-order valence-corrected chi connectivity index (χ0v) is 15.1. The first-order valence-electron chi connectivity index (χ1n) is 6.48. The van der Waals surface area contributed by atoms with Crippen molar-refractivity contribution in [3.63, 3.8) is 0 Å². The Hall–Kier alpha value is -0.169. The van der Waals surface area contributed by atoms with Gasteiger partial charge in [0.05, 0.1) is 0 Å². The second-order valence-electron chi connectivity index (χ2n) is 6.98. The summed E-state index contributed by atoms with van der Waals surface area (Å²) in [7, 11) is -2.61. The van der Waals surface area contributed by atoms with Crippen LogP contribution in [0.2, 0.25) is 25.7 Å². The van der Waals surface area contributed by atoms with Gasteiger partial charge in [-0.15, -0.1) is 0 Å². The quantitative estimate of drug-likeness (QED) is 0.716. The molecule has 1 fully saturated rings. The van der Waals surface area contributed by atoms with E-state index in [1.54, 1.807) is 0 Å². The van der Waals surface area contributed by atoms with Crippen molar-refractivity contribution in [3.8, 4) is 0 Å². The van der Waals surface area contributed by atoms with Crippen LogP contribution in [0.4, 0.5) is 0 Å². The molecule has 0 N–H and O–H groups in total. The second-order valence-corrected chi connectivity index (χ2v) is 29.3. The zero-order valence-electron chi connectivity index (χ0n) is 11.7. The van der Waals surface area contributed by atoms with Crippen LogP contribution < -0.4 is 5.19 Å². The first kappa shape index (κ1) is 13.3. The fourth-order valence-electron chi connectivity index (χ4n) is 3.76. The summed E-state index contributed by atoms with van der Waals surface area (Å²) in [6.45, 7) is 12.2. The SMILES string of the molecule is CC1(C)C[Si](C)(C)[SiH2][Si](C)(c2ccccc2)O1. The molecule has 0 bridgehead atoms. The van der Waals surface area contributed by atoms with Gasteiger partial charge in [-0.1, -0.05) is 43.4 Å². The zero-order chi connectivity index (χ0) is 12.7. The highest BCUT2D eigenvalue weighted by molar-refractivity contribution is 7.54. The van der Waals surface area contributed by atoms with Gasteiger partial charge in [0.15, 0.2) is 7.83 Å². The van der Waals surface area contributed by atoms with Crippen molar-refractivity contribution in [1.29, 1.82) is 0 Å². The largest absolute Gasteiger partial charge is 0.412 e. The van der Waals surface area contributed by atoms with E-state index in [1.807, 2.05) is 0 Å². The number of benzene rings is 1. The van der Waals surface area contributed by atoms with E-state index in [-0.39, 0.29) is 14.2 Å². The van der Waals surface area contributed by atoms with Crippen molar-refractivity contribution < 1.29 is 4.43 Å². The summed E-state index contributed by atoms with van der Waals surface area (Å²) in [4.78, 5) is 0. The Labute approximate surface area is 109 Å². The van der Waals surface area contributed by atoms with Gasteiger partial charge < -0.3 is 4.43 Å². The lowest BCUT2D eigenvalue weighted by Crippen LogP contribution is -2.70. The average Bonchev–Trinajstić information content (AvgIpc) is 2.13. The molecule has 0 radical (unpaired) electrons. The third-order valence-corrected chi connectivity index (χ3v) is 31.6. The van der Waals surface area contributed by atoms with Gasteiger partial charge in [0.1, 0.15) is 0 Å². The minimum Gasteiger partial charge on any atom is -0.412 e. The topological polar surface area (TPSA) is 9.23 Å². The van der Waals surface area contributed by atoms with E-state index in [4.69, 9.17) is 4.43 Å². The average molecular weight is 281 g/mol. The Bertz CT molecular complexity index is 384. The van der Waals surface area contributed by atoms with Crippen LogP contribution in [-0.2, 0) is 4.43 Å². The molecule has 2 rings (SSSR count). The molecular weight excluding hydrogens is 256 g/mol. The number of hydrogen-bond acceptors (Lipinski definition) is 1. The molecular formula is C13H24OSi3. The minimum atomic E-state index is -1.58. The second kappa shape index (κ2) is 4.19. The lowest BCUT2D eigenvalue weighted by atomic mass is 10.2. The summed E-state index contributed by atoms with van der Waals surface area (Å²) in [6, 6.07) is 12.4. The fourth-order valence-corrected chi connectivity index (χ4v) is 41.2. The van der Waals surface area contributed by atoms with E-state index in [2.05, 4.69) is 63.8 Å². The molecule has 0 aromatic heterocycles. The molecule has 17 heavy (non-hydrogen) atoms. The maximum Gasteiger partial charge on any atom is 0.198 e. The standard InChI is InChI=1S/C13H24OSi3/c1-13(2)11-16(3,4)15-17(5,14-13)12-9-7-6-8-10-12/h6-10H,11,15H2,1-5H3. The fraction of sp³-hybridized carbons (Fsp3) is 0.538. The van der Waals surface area contributed by atoms with Crippen LogP contribution in [0.1, 0.15) is 13.8 Å². The molecule has 1 unspecified atom stereocenters. The molecule has 1 nitrogen and oxygen atoms in total. The van der Waals surface area contributed by atoms with Crippen LogP contribution in [0.15, 0.2) is 30.3 Å². The molecule has 1 aliphatic rings. The monoisotopic (exact) mass is 280 g/mol. The van der Waals surface area contributed by atoms with E-state index >= 15 is 0 Å². The molecule has 94 valence electrons. The van der Waals surface area contributed by atoms with Crippen molar-refractivity contribution in [1.82, 2.24) is 0 Å². The summed E-state index contributed by atoms with van der Waals surface area (Å²) >= 11 is 0. The van der Waals surface area contributed by atoms with Gasteiger partial charge in [-0.25, -0.2) is 0 Å². The summed E-state index contributed by atoms with van der Waals surface area (Å²) < 4.78 is 6.62. The van der Waals surface area contributed by atoms with Crippen molar-refractivity contribution in [2.75, 3.05) is 0 Å². The van der Waals surface area contributed by atoms with Gasteiger partial charge in [0.2, 0.25) is 0 Å². The van der Waals surface area contributed by atoms with Gasteiger partial charge in [-0.05, 0) is 31.6 Å². The van der Waals surface area contributed by atoms with Gasteiger partial charge in [0.25, 0.3) is 0 Å². The Morgan fingerprint density at radius 2 is 1.71 bits per heavy atom. The van der Waals surface area contributed by atoms with Crippen LogP contribution >= 0.6 is 0 Å². The van der Waals surface area contributed by atoms with Crippen molar-refractivity contribution in [2.24, 2.45) is 0 Å². The third-order valence-electron chi connectivity index (χ3n) is 3.61. The molecule has 0 saturated carbocycles. The van der Waals surface area contributed by atoms with Crippen LogP contribution in [0.3, 0.4) is 0 Å².